The molecule has 1 aromatic carbocycles. The Balaban J connectivity index is 2.46. The molecule has 1 aromatic rings. The largest absolute Gasteiger partial charge is 0.114 e. The van der Waals surface area contributed by atoms with Gasteiger partial charge in [-0.1, -0.05) is 36.5 Å². The fraction of sp³-hybridized carbons (Fsp3) is 0.300. The first-order valence-electron chi connectivity index (χ1n) is 4.13. The molecule has 0 aromatic heterocycles. The number of hydrogen-bond donors (Lipinski definition) is 0. The number of benzene rings is 1. The summed E-state index contributed by atoms with van der Waals surface area (Å²) in [4.78, 5) is 0. The van der Waals surface area contributed by atoms with Crippen molar-refractivity contribution >= 4 is 28.2 Å². The predicted molar refractivity (Wildman–Crippen MR) is 58.9 cm³/mol. The van der Waals surface area contributed by atoms with Crippen LogP contribution < -0.4 is 0 Å². The van der Waals surface area contributed by atoms with Crippen molar-refractivity contribution in [2.75, 3.05) is 5.75 Å². The van der Waals surface area contributed by atoms with Crippen LogP contribution in [0.25, 0.3) is 0 Å². The molecule has 0 unspecified atom stereocenters. The molecule has 2 heteroatoms. The quantitative estimate of drug-likeness (QED) is 0.582. The van der Waals surface area contributed by atoms with E-state index in [4.69, 9.17) is 12.2 Å². The summed E-state index contributed by atoms with van der Waals surface area (Å²) < 4.78 is 1.07. The van der Waals surface area contributed by atoms with Gasteiger partial charge in [0.05, 0.1) is 4.20 Å². The Morgan fingerprint density at radius 1 is 1.25 bits per heavy atom. The summed E-state index contributed by atoms with van der Waals surface area (Å²) in [5, 5.41) is 0. The molecule has 12 heavy (non-hydrogen) atoms. The third-order valence-corrected chi connectivity index (χ3v) is 3.61. The number of thioether (sulfide) groups is 1. The smallest absolute Gasteiger partial charge is 0.0781 e. The van der Waals surface area contributed by atoms with E-state index >= 15 is 0 Å². The van der Waals surface area contributed by atoms with Gasteiger partial charge in [-0.05, 0) is 24.2 Å². The predicted octanol–water partition coefficient (Wildman–Crippen LogP) is 3.04. The van der Waals surface area contributed by atoms with E-state index in [0.717, 1.165) is 4.20 Å². The molecule has 0 fully saturated rings. The van der Waals surface area contributed by atoms with Crippen LogP contribution >= 0.6 is 24.0 Å². The van der Waals surface area contributed by atoms with Crippen molar-refractivity contribution < 1.29 is 0 Å². The molecule has 1 heterocycles. The molecule has 1 aliphatic rings. The minimum atomic E-state index is 1.07. The molecule has 0 spiro atoms. The Kier molecular flexibility index (Phi) is 2.47. The van der Waals surface area contributed by atoms with Gasteiger partial charge in [0.1, 0.15) is 0 Å². The van der Waals surface area contributed by atoms with Crippen LogP contribution in [0.5, 0.6) is 0 Å². The Bertz CT molecular complexity index is 304. The van der Waals surface area contributed by atoms with E-state index in [-0.39, 0.29) is 0 Å². The number of rotatable bonds is 0. The van der Waals surface area contributed by atoms with Gasteiger partial charge in [-0.3, -0.25) is 0 Å². The van der Waals surface area contributed by atoms with Gasteiger partial charge in [-0.15, -0.1) is 11.8 Å². The maximum absolute atomic E-state index is 5.31. The highest BCUT2D eigenvalue weighted by Crippen LogP contribution is 2.24. The highest BCUT2D eigenvalue weighted by molar-refractivity contribution is 8.23. The first kappa shape index (κ1) is 8.27. The van der Waals surface area contributed by atoms with Gasteiger partial charge >= 0.3 is 0 Å². The molecule has 2 rings (SSSR count). The molecular formula is C10H10S2. The molecule has 0 saturated carbocycles. The minimum Gasteiger partial charge on any atom is -0.114 e. The standard InChI is InChI=1S/C10H10S2/c11-10-9-6-2-1-4-8(9)5-3-7-12-10/h1-2,4,6H,3,5,7H2. The molecule has 62 valence electrons. The highest BCUT2D eigenvalue weighted by Gasteiger charge is 2.11. The van der Waals surface area contributed by atoms with Crippen LogP contribution in [-0.2, 0) is 6.42 Å². The van der Waals surface area contributed by atoms with E-state index in [1.807, 2.05) is 11.8 Å². The van der Waals surface area contributed by atoms with Gasteiger partial charge in [-0.25, -0.2) is 0 Å². The number of aryl methyl sites for hydroxylation is 1. The van der Waals surface area contributed by atoms with Crippen molar-refractivity contribution in [2.45, 2.75) is 12.8 Å². The van der Waals surface area contributed by atoms with Crippen molar-refractivity contribution in [3.05, 3.63) is 35.4 Å². The van der Waals surface area contributed by atoms with Gasteiger partial charge < -0.3 is 0 Å². The zero-order chi connectivity index (χ0) is 8.39. The van der Waals surface area contributed by atoms with Crippen LogP contribution in [0.15, 0.2) is 24.3 Å². The number of hydrogen-bond acceptors (Lipinski definition) is 2. The van der Waals surface area contributed by atoms with Crippen molar-refractivity contribution in [3.63, 3.8) is 0 Å². The van der Waals surface area contributed by atoms with Gasteiger partial charge in [0.15, 0.2) is 0 Å². The molecule has 0 saturated heterocycles. The zero-order valence-corrected chi connectivity index (χ0v) is 8.38. The average molecular weight is 194 g/mol. The Morgan fingerprint density at radius 3 is 3.00 bits per heavy atom. The summed E-state index contributed by atoms with van der Waals surface area (Å²) in [7, 11) is 0. The van der Waals surface area contributed by atoms with E-state index in [9.17, 15) is 0 Å². The lowest BCUT2D eigenvalue weighted by atomic mass is 10.1. The minimum absolute atomic E-state index is 1.07. The molecule has 0 N–H and O–H groups in total. The monoisotopic (exact) mass is 194 g/mol. The van der Waals surface area contributed by atoms with Gasteiger partial charge in [0, 0.05) is 5.56 Å². The average Bonchev–Trinajstić information content (AvgIpc) is 2.29. The van der Waals surface area contributed by atoms with Crippen LogP contribution in [0.4, 0.5) is 0 Å². The van der Waals surface area contributed by atoms with Crippen LogP contribution in [-0.4, -0.2) is 9.95 Å². The van der Waals surface area contributed by atoms with Crippen LogP contribution in [0.2, 0.25) is 0 Å². The maximum atomic E-state index is 5.31. The Morgan fingerprint density at radius 2 is 2.08 bits per heavy atom. The Labute approximate surface area is 82.4 Å². The molecule has 1 aliphatic heterocycles. The molecule has 0 amide bonds. The fourth-order valence-corrected chi connectivity index (χ4v) is 2.72. The van der Waals surface area contributed by atoms with E-state index < -0.39 is 0 Å². The van der Waals surface area contributed by atoms with Gasteiger partial charge in [-0.2, -0.15) is 0 Å². The van der Waals surface area contributed by atoms with Crippen molar-refractivity contribution in [1.82, 2.24) is 0 Å². The molecule has 0 bridgehead atoms. The van der Waals surface area contributed by atoms with E-state index in [1.54, 1.807) is 0 Å². The molecule has 0 nitrogen and oxygen atoms in total. The lowest BCUT2D eigenvalue weighted by Gasteiger charge is -2.03. The summed E-state index contributed by atoms with van der Waals surface area (Å²) >= 11 is 7.12. The first-order chi connectivity index (χ1) is 5.88. The third-order valence-electron chi connectivity index (χ3n) is 2.06. The normalized spacial score (nSPS) is 16.8. The van der Waals surface area contributed by atoms with Gasteiger partial charge in [0.25, 0.3) is 0 Å². The van der Waals surface area contributed by atoms with Crippen LogP contribution in [0.1, 0.15) is 17.5 Å². The van der Waals surface area contributed by atoms with Gasteiger partial charge in [0.2, 0.25) is 0 Å². The van der Waals surface area contributed by atoms with Crippen LogP contribution in [0, 0.1) is 0 Å². The topological polar surface area (TPSA) is 0 Å². The summed E-state index contributed by atoms with van der Waals surface area (Å²) in [6, 6.07) is 8.48. The van der Waals surface area contributed by atoms with E-state index in [2.05, 4.69) is 24.3 Å². The van der Waals surface area contributed by atoms with Crippen LogP contribution in [0.3, 0.4) is 0 Å². The van der Waals surface area contributed by atoms with Crippen molar-refractivity contribution in [1.29, 1.82) is 0 Å². The molecular weight excluding hydrogens is 184 g/mol. The lowest BCUT2D eigenvalue weighted by Crippen LogP contribution is -1.93. The Hall–Kier alpha value is -0.340. The third kappa shape index (κ3) is 1.54. The summed E-state index contributed by atoms with van der Waals surface area (Å²) in [6.07, 6.45) is 2.44. The van der Waals surface area contributed by atoms with E-state index in [0.29, 0.717) is 0 Å². The lowest BCUT2D eigenvalue weighted by molar-refractivity contribution is 0.937. The maximum Gasteiger partial charge on any atom is 0.0781 e. The second kappa shape index (κ2) is 3.58. The molecule has 0 radical (unpaired) electrons. The first-order valence-corrected chi connectivity index (χ1v) is 5.52. The highest BCUT2D eigenvalue weighted by atomic mass is 32.2. The molecule has 0 aliphatic carbocycles. The van der Waals surface area contributed by atoms with E-state index in [1.165, 1.54) is 29.7 Å². The fourth-order valence-electron chi connectivity index (χ4n) is 1.44. The summed E-state index contributed by atoms with van der Waals surface area (Å²) in [6.45, 7) is 0. The van der Waals surface area contributed by atoms with Crippen molar-refractivity contribution in [3.8, 4) is 0 Å². The zero-order valence-electron chi connectivity index (χ0n) is 6.75. The SMILES string of the molecule is S=C1SCCCc2ccccc21. The number of thiocarbonyl (C=S) groups is 1. The second-order valence-corrected chi connectivity index (χ2v) is 4.67. The summed E-state index contributed by atoms with van der Waals surface area (Å²) in [5.74, 6) is 1.17. The molecule has 0 atom stereocenters. The van der Waals surface area contributed by atoms with Crippen molar-refractivity contribution in [2.24, 2.45) is 0 Å². The summed E-state index contributed by atoms with van der Waals surface area (Å²) in [5.41, 5.74) is 2.71. The number of fused-ring (bicyclic) bond motifs is 1. The second-order valence-electron chi connectivity index (χ2n) is 2.90.